The minimum absolute atomic E-state index is 0.138. The topological polar surface area (TPSA) is 57.8 Å². The molecule has 4 aromatic rings. The second-order valence-corrected chi connectivity index (χ2v) is 5.18. The van der Waals surface area contributed by atoms with E-state index in [1.165, 1.54) is 0 Å². The molecule has 0 unspecified atom stereocenters. The maximum Gasteiger partial charge on any atom is 0.174 e. The van der Waals surface area contributed by atoms with Gasteiger partial charge in [-0.25, -0.2) is 4.98 Å². The van der Waals surface area contributed by atoms with Crippen molar-refractivity contribution >= 4 is 33.1 Å². The SMILES string of the molecule is CC.Oc1c(N=Nc2ccccn2)c2ccccc2c2ccccc12. The molecular weight excluding hydrogens is 310 g/mol. The number of fused-ring (bicyclic) bond motifs is 3. The first-order valence-corrected chi connectivity index (χ1v) is 8.30. The molecule has 0 aliphatic carbocycles. The zero-order chi connectivity index (χ0) is 17.6. The quantitative estimate of drug-likeness (QED) is 0.335. The van der Waals surface area contributed by atoms with Crippen LogP contribution in [0.1, 0.15) is 13.8 Å². The van der Waals surface area contributed by atoms with Crippen LogP contribution >= 0.6 is 0 Å². The van der Waals surface area contributed by atoms with E-state index in [9.17, 15) is 5.11 Å². The number of pyridine rings is 1. The summed E-state index contributed by atoms with van der Waals surface area (Å²) in [5.74, 6) is 0.642. The lowest BCUT2D eigenvalue weighted by Crippen LogP contribution is -1.81. The van der Waals surface area contributed by atoms with Crippen LogP contribution in [0.15, 0.2) is 83.2 Å². The molecule has 0 spiro atoms. The van der Waals surface area contributed by atoms with Crippen LogP contribution in [-0.4, -0.2) is 10.1 Å². The van der Waals surface area contributed by atoms with Gasteiger partial charge >= 0.3 is 0 Å². The molecule has 25 heavy (non-hydrogen) atoms. The Morgan fingerprint density at radius 1 is 0.680 bits per heavy atom. The maximum atomic E-state index is 10.7. The minimum Gasteiger partial charge on any atom is -0.505 e. The van der Waals surface area contributed by atoms with Gasteiger partial charge in [-0.2, -0.15) is 0 Å². The second kappa shape index (κ2) is 7.53. The van der Waals surface area contributed by atoms with Gasteiger partial charge < -0.3 is 5.11 Å². The third-order valence-electron chi connectivity index (χ3n) is 3.78. The summed E-state index contributed by atoms with van der Waals surface area (Å²) in [5.41, 5.74) is 0.463. The number of hydrogen-bond donors (Lipinski definition) is 1. The third-order valence-corrected chi connectivity index (χ3v) is 3.78. The number of aromatic nitrogens is 1. The van der Waals surface area contributed by atoms with Gasteiger partial charge in [-0.15, -0.1) is 10.2 Å². The van der Waals surface area contributed by atoms with Crippen LogP contribution in [0.25, 0.3) is 21.5 Å². The summed E-state index contributed by atoms with van der Waals surface area (Å²) in [6, 6.07) is 21.0. The molecule has 124 valence electrons. The summed E-state index contributed by atoms with van der Waals surface area (Å²) < 4.78 is 0. The largest absolute Gasteiger partial charge is 0.505 e. The average Bonchev–Trinajstić information content (AvgIpc) is 2.70. The molecule has 1 N–H and O–H groups in total. The molecular formula is C21H19N3O. The molecule has 4 heteroatoms. The van der Waals surface area contributed by atoms with Crippen molar-refractivity contribution in [1.82, 2.24) is 4.98 Å². The Bertz CT molecular complexity index is 1030. The molecule has 4 nitrogen and oxygen atoms in total. The highest BCUT2D eigenvalue weighted by atomic mass is 16.3. The number of rotatable bonds is 2. The predicted molar refractivity (Wildman–Crippen MR) is 103 cm³/mol. The van der Waals surface area contributed by atoms with E-state index in [-0.39, 0.29) is 5.75 Å². The standard InChI is InChI=1S/C19H13N3O.C2H6/c23-19-16-10-4-2-8-14(16)13-7-1-3-9-15(13)18(19)22-21-17-11-5-6-12-20-17;1-2/h1-12,23H;1-2H3. The number of benzene rings is 3. The summed E-state index contributed by atoms with van der Waals surface area (Å²) in [6.07, 6.45) is 1.66. The number of hydrogen-bond acceptors (Lipinski definition) is 4. The Morgan fingerprint density at radius 2 is 1.24 bits per heavy atom. The molecule has 0 saturated carbocycles. The zero-order valence-electron chi connectivity index (χ0n) is 14.2. The van der Waals surface area contributed by atoms with Crippen LogP contribution in [0.5, 0.6) is 5.75 Å². The third kappa shape index (κ3) is 3.19. The van der Waals surface area contributed by atoms with Crippen molar-refractivity contribution < 1.29 is 5.11 Å². The first kappa shape index (κ1) is 16.6. The molecule has 1 heterocycles. The monoisotopic (exact) mass is 329 g/mol. The van der Waals surface area contributed by atoms with E-state index in [0.29, 0.717) is 11.5 Å². The summed E-state index contributed by atoms with van der Waals surface area (Å²) in [4.78, 5) is 4.12. The number of phenols is 1. The molecule has 0 aliphatic rings. The van der Waals surface area contributed by atoms with E-state index >= 15 is 0 Å². The van der Waals surface area contributed by atoms with Crippen LogP contribution in [0.4, 0.5) is 11.5 Å². The highest BCUT2D eigenvalue weighted by molar-refractivity contribution is 6.15. The maximum absolute atomic E-state index is 10.7. The molecule has 0 radical (unpaired) electrons. The van der Waals surface area contributed by atoms with Crippen LogP contribution in [0.2, 0.25) is 0 Å². The summed E-state index contributed by atoms with van der Waals surface area (Å²) in [5, 5.41) is 22.7. The van der Waals surface area contributed by atoms with Gasteiger partial charge in [0.2, 0.25) is 0 Å². The Hall–Kier alpha value is -3.27. The Kier molecular flexibility index (Phi) is 5.00. The molecule has 0 bridgehead atoms. The van der Waals surface area contributed by atoms with Crippen molar-refractivity contribution in [1.29, 1.82) is 0 Å². The van der Waals surface area contributed by atoms with E-state index < -0.39 is 0 Å². The first-order chi connectivity index (χ1) is 12.3. The van der Waals surface area contributed by atoms with Gasteiger partial charge in [0.15, 0.2) is 11.6 Å². The van der Waals surface area contributed by atoms with Crippen LogP contribution in [0, 0.1) is 0 Å². The molecule has 0 atom stereocenters. The van der Waals surface area contributed by atoms with E-state index in [4.69, 9.17) is 0 Å². The van der Waals surface area contributed by atoms with E-state index in [2.05, 4.69) is 15.2 Å². The van der Waals surface area contributed by atoms with Crippen molar-refractivity contribution in [3.05, 3.63) is 72.9 Å². The fourth-order valence-electron chi connectivity index (χ4n) is 2.72. The Balaban J connectivity index is 0.000000880. The lowest BCUT2D eigenvalue weighted by atomic mass is 9.99. The molecule has 0 fully saturated rings. The number of aromatic hydroxyl groups is 1. The molecule has 0 amide bonds. The normalized spacial score (nSPS) is 10.8. The van der Waals surface area contributed by atoms with Gasteiger partial charge in [-0.3, -0.25) is 0 Å². The zero-order valence-corrected chi connectivity index (χ0v) is 14.2. The lowest BCUT2D eigenvalue weighted by Gasteiger charge is -2.09. The van der Waals surface area contributed by atoms with Crippen molar-refractivity contribution in [2.24, 2.45) is 10.2 Å². The molecule has 0 saturated heterocycles. The molecule has 1 aromatic heterocycles. The first-order valence-electron chi connectivity index (χ1n) is 8.30. The van der Waals surface area contributed by atoms with Gasteiger partial charge in [0, 0.05) is 17.0 Å². The van der Waals surface area contributed by atoms with Crippen molar-refractivity contribution in [3.63, 3.8) is 0 Å². The van der Waals surface area contributed by atoms with Gasteiger partial charge in [0.25, 0.3) is 0 Å². The number of nitrogens with zero attached hydrogens (tertiary/aromatic N) is 3. The second-order valence-electron chi connectivity index (χ2n) is 5.18. The van der Waals surface area contributed by atoms with E-state index in [1.807, 2.05) is 74.5 Å². The molecule has 0 aliphatic heterocycles. The summed E-state index contributed by atoms with van der Waals surface area (Å²) in [6.45, 7) is 4.00. The molecule has 4 rings (SSSR count). The van der Waals surface area contributed by atoms with Crippen LogP contribution in [-0.2, 0) is 0 Å². The lowest BCUT2D eigenvalue weighted by molar-refractivity contribution is 0.483. The van der Waals surface area contributed by atoms with Gasteiger partial charge in [-0.1, -0.05) is 68.4 Å². The van der Waals surface area contributed by atoms with Gasteiger partial charge in [0.1, 0.15) is 5.69 Å². The number of azo groups is 1. The van der Waals surface area contributed by atoms with Gasteiger partial charge in [0.05, 0.1) is 0 Å². The average molecular weight is 329 g/mol. The fraction of sp³-hybridized carbons (Fsp3) is 0.0952. The van der Waals surface area contributed by atoms with Crippen molar-refractivity contribution in [3.8, 4) is 5.75 Å². The van der Waals surface area contributed by atoms with Gasteiger partial charge in [-0.05, 0) is 22.9 Å². The predicted octanol–water partition coefficient (Wildman–Crippen LogP) is 6.54. The Morgan fingerprint density at radius 3 is 1.88 bits per heavy atom. The Labute approximate surface area is 146 Å². The fourth-order valence-corrected chi connectivity index (χ4v) is 2.72. The molecule has 3 aromatic carbocycles. The highest BCUT2D eigenvalue weighted by Gasteiger charge is 2.12. The van der Waals surface area contributed by atoms with Crippen molar-refractivity contribution in [2.45, 2.75) is 13.8 Å². The van der Waals surface area contributed by atoms with Crippen LogP contribution in [0.3, 0.4) is 0 Å². The smallest absolute Gasteiger partial charge is 0.174 e. The van der Waals surface area contributed by atoms with Crippen LogP contribution < -0.4 is 0 Å². The minimum atomic E-state index is 0.138. The van der Waals surface area contributed by atoms with E-state index in [0.717, 1.165) is 21.5 Å². The number of phenolic OH excluding ortho intramolecular Hbond substituents is 1. The summed E-state index contributed by atoms with van der Waals surface area (Å²) in [7, 11) is 0. The van der Waals surface area contributed by atoms with Crippen molar-refractivity contribution in [2.75, 3.05) is 0 Å². The highest BCUT2D eigenvalue weighted by Crippen LogP contribution is 2.43. The van der Waals surface area contributed by atoms with E-state index in [1.54, 1.807) is 12.3 Å². The summed E-state index contributed by atoms with van der Waals surface area (Å²) >= 11 is 0.